The molecule has 0 amide bonds. The fourth-order valence-electron chi connectivity index (χ4n) is 0.654. The molecule has 0 saturated heterocycles. The molecule has 0 aromatic heterocycles. The van der Waals surface area contributed by atoms with Gasteiger partial charge in [0.2, 0.25) is 5.76 Å². The van der Waals surface area contributed by atoms with E-state index in [0.717, 1.165) is 7.05 Å². The Labute approximate surface area is 81.2 Å². The van der Waals surface area contributed by atoms with Gasteiger partial charge >= 0.3 is 12.4 Å². The summed E-state index contributed by atoms with van der Waals surface area (Å²) in [4.78, 5) is 2.70. The molecule has 0 aliphatic carbocycles. The van der Waals surface area contributed by atoms with Crippen molar-refractivity contribution in [2.75, 3.05) is 14.2 Å². The number of alkyl halides is 6. The van der Waals surface area contributed by atoms with E-state index in [9.17, 15) is 26.3 Å². The highest BCUT2D eigenvalue weighted by atomic mass is 19.4. The number of aliphatic imine (C=N–C) groups is 1. The second kappa shape index (κ2) is 4.54. The predicted molar refractivity (Wildman–Crippen MR) is 40.6 cm³/mol. The molecule has 0 aromatic carbocycles. The summed E-state index contributed by atoms with van der Waals surface area (Å²) in [5, 5.41) is 0. The Bertz CT molecular complexity index is 274. The molecule has 0 bridgehead atoms. The van der Waals surface area contributed by atoms with Gasteiger partial charge in [0, 0.05) is 13.1 Å². The minimum absolute atomic E-state index is 0.194. The van der Waals surface area contributed by atoms with Gasteiger partial charge in [-0.2, -0.15) is 26.3 Å². The molecule has 0 aromatic rings. The Kier molecular flexibility index (Phi) is 4.17. The van der Waals surface area contributed by atoms with E-state index in [2.05, 4.69) is 9.73 Å². The molecule has 0 rings (SSSR count). The normalized spacial score (nSPS) is 15.5. The molecule has 2 nitrogen and oxygen atoms in total. The van der Waals surface area contributed by atoms with E-state index < -0.39 is 23.8 Å². The van der Waals surface area contributed by atoms with Crippen LogP contribution in [0.25, 0.3) is 0 Å². The summed E-state index contributed by atoms with van der Waals surface area (Å²) in [6, 6.07) is 0. The summed E-state index contributed by atoms with van der Waals surface area (Å²) in [5.74, 6) is -1.75. The zero-order valence-electron chi connectivity index (χ0n) is 7.70. The van der Waals surface area contributed by atoms with E-state index in [1.807, 2.05) is 0 Å². The smallest absolute Gasteiger partial charge is 0.448 e. The largest absolute Gasteiger partial charge is 0.492 e. The number of rotatable bonds is 2. The van der Waals surface area contributed by atoms with Crippen molar-refractivity contribution in [3.8, 4) is 0 Å². The van der Waals surface area contributed by atoms with Crippen LogP contribution in [0.15, 0.2) is 16.8 Å². The quantitative estimate of drug-likeness (QED) is 0.409. The number of allylic oxidation sites excluding steroid dienone is 2. The van der Waals surface area contributed by atoms with Crippen LogP contribution >= 0.6 is 0 Å². The van der Waals surface area contributed by atoms with Crippen molar-refractivity contribution in [3.63, 3.8) is 0 Å². The Balaban J connectivity index is 5.17. The molecular formula is C7H7F6NO. The third kappa shape index (κ3) is 4.22. The minimum atomic E-state index is -4.98. The van der Waals surface area contributed by atoms with Gasteiger partial charge in [0.15, 0.2) is 0 Å². The lowest BCUT2D eigenvalue weighted by Gasteiger charge is -2.11. The lowest BCUT2D eigenvalue weighted by Crippen LogP contribution is -2.24. The van der Waals surface area contributed by atoms with Crippen LogP contribution in [0.3, 0.4) is 0 Å². The first-order valence-corrected chi connectivity index (χ1v) is 3.49. The summed E-state index contributed by atoms with van der Waals surface area (Å²) in [7, 11) is 1.37. The Morgan fingerprint density at radius 3 is 1.73 bits per heavy atom. The number of nitrogens with zero attached hydrogens (tertiary/aromatic N) is 1. The number of halogens is 6. The first-order valence-electron chi connectivity index (χ1n) is 3.49. The van der Waals surface area contributed by atoms with E-state index in [0.29, 0.717) is 7.11 Å². The maximum absolute atomic E-state index is 12.0. The summed E-state index contributed by atoms with van der Waals surface area (Å²) in [6.45, 7) is 0. The lowest BCUT2D eigenvalue weighted by molar-refractivity contribution is -0.126. The van der Waals surface area contributed by atoms with Gasteiger partial charge < -0.3 is 4.74 Å². The average Bonchev–Trinajstić information content (AvgIpc) is 2.01. The van der Waals surface area contributed by atoms with Crippen molar-refractivity contribution in [1.82, 2.24) is 0 Å². The fourth-order valence-corrected chi connectivity index (χ4v) is 0.654. The van der Waals surface area contributed by atoms with Gasteiger partial charge in [-0.05, 0) is 0 Å². The van der Waals surface area contributed by atoms with Crippen LogP contribution in [-0.4, -0.2) is 32.2 Å². The van der Waals surface area contributed by atoms with Gasteiger partial charge in [-0.15, -0.1) is 0 Å². The van der Waals surface area contributed by atoms with Crippen LogP contribution in [0.4, 0.5) is 26.3 Å². The fraction of sp³-hybridized carbons (Fsp3) is 0.571. The predicted octanol–water partition coefficient (Wildman–Crippen LogP) is 2.71. The van der Waals surface area contributed by atoms with Crippen LogP contribution in [0.2, 0.25) is 0 Å². The van der Waals surface area contributed by atoms with Crippen molar-refractivity contribution in [2.24, 2.45) is 4.99 Å². The monoisotopic (exact) mass is 235 g/mol. The van der Waals surface area contributed by atoms with Crippen molar-refractivity contribution in [3.05, 3.63) is 11.8 Å². The third-order valence-electron chi connectivity index (χ3n) is 1.30. The molecule has 0 atom stereocenters. The summed E-state index contributed by atoms with van der Waals surface area (Å²) < 4.78 is 75.8. The SMILES string of the molecule is CN=C(/C=C(\OC)C(F)(F)F)C(F)(F)F. The second-order valence-corrected chi connectivity index (χ2v) is 2.32. The van der Waals surface area contributed by atoms with Gasteiger partial charge in [0.05, 0.1) is 7.11 Å². The average molecular weight is 235 g/mol. The van der Waals surface area contributed by atoms with Gasteiger partial charge in [-0.3, -0.25) is 4.99 Å². The lowest BCUT2D eigenvalue weighted by atomic mass is 10.3. The standard InChI is InChI=1S/C7H7F6NO/c1-14-4(6(8,9)10)3-5(15-2)7(11,12)13/h3H,1-2H3/b5-3-,14-4?. The topological polar surface area (TPSA) is 21.6 Å². The summed E-state index contributed by atoms with van der Waals surface area (Å²) >= 11 is 0. The van der Waals surface area contributed by atoms with E-state index in [4.69, 9.17) is 0 Å². The molecule has 0 saturated carbocycles. The van der Waals surface area contributed by atoms with Crippen molar-refractivity contribution in [1.29, 1.82) is 0 Å². The highest BCUT2D eigenvalue weighted by Crippen LogP contribution is 2.28. The minimum Gasteiger partial charge on any atom is -0.492 e. The first kappa shape index (κ1) is 13.8. The molecule has 0 radical (unpaired) electrons. The number of hydrogen-bond acceptors (Lipinski definition) is 2. The maximum atomic E-state index is 12.0. The van der Waals surface area contributed by atoms with Crippen molar-refractivity contribution in [2.45, 2.75) is 12.4 Å². The Morgan fingerprint density at radius 1 is 1.07 bits per heavy atom. The molecular weight excluding hydrogens is 228 g/mol. The van der Waals surface area contributed by atoms with Crippen LogP contribution in [-0.2, 0) is 4.74 Å². The molecule has 0 N–H and O–H groups in total. The van der Waals surface area contributed by atoms with Crippen molar-refractivity contribution < 1.29 is 31.1 Å². The van der Waals surface area contributed by atoms with Gasteiger partial charge in [0.1, 0.15) is 5.71 Å². The van der Waals surface area contributed by atoms with Gasteiger partial charge in [-0.25, -0.2) is 0 Å². The van der Waals surface area contributed by atoms with E-state index in [1.54, 1.807) is 0 Å². The molecule has 0 aliphatic heterocycles. The second-order valence-electron chi connectivity index (χ2n) is 2.32. The van der Waals surface area contributed by atoms with Crippen LogP contribution in [0, 0.1) is 0 Å². The number of ether oxygens (including phenoxy) is 1. The molecule has 0 heterocycles. The maximum Gasteiger partial charge on any atom is 0.448 e. The van der Waals surface area contributed by atoms with Crippen LogP contribution < -0.4 is 0 Å². The first-order chi connectivity index (χ1) is 6.62. The highest BCUT2D eigenvalue weighted by Gasteiger charge is 2.40. The van der Waals surface area contributed by atoms with E-state index >= 15 is 0 Å². The van der Waals surface area contributed by atoms with Crippen molar-refractivity contribution >= 4 is 5.71 Å². The van der Waals surface area contributed by atoms with Gasteiger partial charge in [0.25, 0.3) is 0 Å². The molecule has 15 heavy (non-hydrogen) atoms. The molecule has 0 fully saturated rings. The highest BCUT2D eigenvalue weighted by molar-refractivity contribution is 5.99. The Morgan fingerprint density at radius 2 is 1.53 bits per heavy atom. The molecule has 8 heteroatoms. The van der Waals surface area contributed by atoms with Crippen LogP contribution in [0.5, 0.6) is 0 Å². The van der Waals surface area contributed by atoms with Gasteiger partial charge in [-0.1, -0.05) is 0 Å². The van der Waals surface area contributed by atoms with Crippen LogP contribution in [0.1, 0.15) is 0 Å². The third-order valence-corrected chi connectivity index (χ3v) is 1.30. The number of methoxy groups -OCH3 is 1. The zero-order valence-corrected chi connectivity index (χ0v) is 7.70. The molecule has 0 unspecified atom stereocenters. The van der Waals surface area contributed by atoms with E-state index in [1.165, 1.54) is 0 Å². The molecule has 88 valence electrons. The molecule has 0 spiro atoms. The summed E-state index contributed by atoms with van der Waals surface area (Å²) in [5.41, 5.74) is -1.66. The summed E-state index contributed by atoms with van der Waals surface area (Å²) in [6.07, 6.45) is -10.1. The van der Waals surface area contributed by atoms with E-state index in [-0.39, 0.29) is 6.08 Å². The number of hydrogen-bond donors (Lipinski definition) is 0. The molecule has 0 aliphatic rings. The zero-order chi connectivity index (χ0) is 12.3. The Hall–Kier alpha value is -1.21.